The molecule has 2 rings (SSSR count). The van der Waals surface area contributed by atoms with Crippen LogP contribution in [0.5, 0.6) is 0 Å². The number of carbonyl (C=O) groups excluding carboxylic acids is 1. The molecular formula is C15H22IN5O4. The van der Waals surface area contributed by atoms with Gasteiger partial charge in [-0.1, -0.05) is 6.92 Å². The summed E-state index contributed by atoms with van der Waals surface area (Å²) < 4.78 is 0.795. The third-order valence-electron chi connectivity index (χ3n) is 4.26. The van der Waals surface area contributed by atoms with Crippen molar-refractivity contribution in [3.8, 4) is 0 Å². The first kappa shape index (κ1) is 19.6. The van der Waals surface area contributed by atoms with Crippen LogP contribution in [0.4, 0.5) is 10.6 Å². The minimum absolute atomic E-state index is 0.0919. The Labute approximate surface area is 160 Å². The van der Waals surface area contributed by atoms with E-state index in [-0.39, 0.29) is 18.2 Å². The Balaban J connectivity index is 2.19. The number of aromatic nitrogens is 2. The van der Waals surface area contributed by atoms with E-state index in [0.29, 0.717) is 26.2 Å². The number of anilines is 1. The number of halogens is 1. The molecule has 0 spiro atoms. The van der Waals surface area contributed by atoms with Crippen LogP contribution in [-0.2, 0) is 9.63 Å². The molecule has 1 aliphatic heterocycles. The van der Waals surface area contributed by atoms with E-state index in [1.165, 1.54) is 23.4 Å². The topological polar surface area (TPSA) is 99.1 Å². The van der Waals surface area contributed by atoms with Gasteiger partial charge in [0.15, 0.2) is 0 Å². The molecular weight excluding hydrogens is 441 g/mol. The van der Waals surface area contributed by atoms with E-state index < -0.39 is 6.09 Å². The van der Waals surface area contributed by atoms with Gasteiger partial charge in [0.1, 0.15) is 15.8 Å². The highest BCUT2D eigenvalue weighted by molar-refractivity contribution is 14.1. The summed E-state index contributed by atoms with van der Waals surface area (Å²) in [5, 5.41) is 10.3. The van der Waals surface area contributed by atoms with Gasteiger partial charge in [0.25, 0.3) is 0 Å². The van der Waals surface area contributed by atoms with Crippen LogP contribution in [0.3, 0.4) is 0 Å². The van der Waals surface area contributed by atoms with Gasteiger partial charge in [-0.2, -0.15) is 0 Å². The lowest BCUT2D eigenvalue weighted by Gasteiger charge is -2.35. The predicted octanol–water partition coefficient (Wildman–Crippen LogP) is 1.39. The quantitative estimate of drug-likeness (QED) is 0.401. The first-order valence-electron chi connectivity index (χ1n) is 7.89. The molecule has 1 fully saturated rings. The number of hydrogen-bond acceptors (Lipinski definition) is 6. The molecule has 2 amide bonds. The molecule has 1 atom stereocenters. The maximum absolute atomic E-state index is 12.1. The number of amides is 2. The van der Waals surface area contributed by atoms with Crippen molar-refractivity contribution in [2.75, 3.05) is 45.2 Å². The van der Waals surface area contributed by atoms with Crippen LogP contribution in [0.2, 0.25) is 0 Å². The van der Waals surface area contributed by atoms with E-state index in [1.807, 2.05) is 6.92 Å². The maximum Gasteiger partial charge on any atom is 0.407 e. The molecule has 0 radical (unpaired) electrons. The van der Waals surface area contributed by atoms with E-state index >= 15 is 0 Å². The third kappa shape index (κ3) is 4.69. The van der Waals surface area contributed by atoms with E-state index in [0.717, 1.165) is 15.1 Å². The number of carbonyl (C=O) groups is 2. The molecule has 0 saturated carbocycles. The van der Waals surface area contributed by atoms with Crippen molar-refractivity contribution in [1.29, 1.82) is 0 Å². The minimum Gasteiger partial charge on any atom is -0.465 e. The normalized spacial score (nSPS) is 15.8. The van der Waals surface area contributed by atoms with E-state index in [9.17, 15) is 9.59 Å². The minimum atomic E-state index is -0.904. The Kier molecular flexibility index (Phi) is 6.76. The number of carboxylic acid groups (broad SMARTS) is 1. The Morgan fingerprint density at radius 3 is 2.56 bits per heavy atom. The predicted molar refractivity (Wildman–Crippen MR) is 99.4 cm³/mol. The van der Waals surface area contributed by atoms with Gasteiger partial charge in [0.05, 0.1) is 7.11 Å². The smallest absolute Gasteiger partial charge is 0.407 e. The molecule has 1 saturated heterocycles. The first-order valence-corrected chi connectivity index (χ1v) is 8.96. The van der Waals surface area contributed by atoms with Crippen LogP contribution >= 0.6 is 22.6 Å². The molecule has 1 unspecified atom stereocenters. The fourth-order valence-corrected chi connectivity index (χ4v) is 3.64. The van der Waals surface area contributed by atoms with E-state index in [2.05, 4.69) is 37.5 Å². The maximum atomic E-state index is 12.1. The van der Waals surface area contributed by atoms with Gasteiger partial charge >= 0.3 is 6.09 Å². The second-order valence-electron chi connectivity index (χ2n) is 5.84. The molecule has 1 aromatic rings. The Morgan fingerprint density at radius 2 is 2.00 bits per heavy atom. The second kappa shape index (κ2) is 8.61. The zero-order valence-electron chi connectivity index (χ0n) is 14.5. The van der Waals surface area contributed by atoms with Crippen LogP contribution in [-0.4, -0.2) is 77.4 Å². The average molecular weight is 463 g/mol. The Hall–Kier alpha value is -1.69. The van der Waals surface area contributed by atoms with Gasteiger partial charge in [0.2, 0.25) is 5.91 Å². The van der Waals surface area contributed by atoms with Crippen LogP contribution in [0.15, 0.2) is 6.33 Å². The Morgan fingerprint density at radius 1 is 1.36 bits per heavy atom. The molecule has 1 aliphatic rings. The highest BCUT2D eigenvalue weighted by Crippen LogP contribution is 2.31. The lowest BCUT2D eigenvalue weighted by molar-refractivity contribution is -0.169. The second-order valence-corrected chi connectivity index (χ2v) is 6.86. The highest BCUT2D eigenvalue weighted by Gasteiger charge is 2.27. The van der Waals surface area contributed by atoms with Crippen molar-refractivity contribution in [2.24, 2.45) is 0 Å². The fourth-order valence-electron chi connectivity index (χ4n) is 2.75. The number of rotatable bonds is 5. The summed E-state index contributed by atoms with van der Waals surface area (Å²) in [6.45, 7) is 3.93. The summed E-state index contributed by atoms with van der Waals surface area (Å²) in [6, 6.07) is 0. The monoisotopic (exact) mass is 463 g/mol. The van der Waals surface area contributed by atoms with Crippen LogP contribution < -0.4 is 4.90 Å². The molecule has 1 aromatic heterocycles. The lowest BCUT2D eigenvalue weighted by Crippen LogP contribution is -2.49. The summed E-state index contributed by atoms with van der Waals surface area (Å²) in [7, 11) is 3.03. The van der Waals surface area contributed by atoms with Crippen LogP contribution in [0.1, 0.15) is 24.8 Å². The molecule has 2 heterocycles. The molecule has 0 bridgehead atoms. The zero-order valence-corrected chi connectivity index (χ0v) is 16.6. The zero-order chi connectivity index (χ0) is 18.6. The van der Waals surface area contributed by atoms with E-state index in [1.54, 1.807) is 7.05 Å². The van der Waals surface area contributed by atoms with Crippen molar-refractivity contribution < 1.29 is 19.5 Å². The summed E-state index contributed by atoms with van der Waals surface area (Å²) in [6.07, 6.45) is 0.870. The number of piperazine rings is 1. The molecule has 0 aliphatic carbocycles. The lowest BCUT2D eigenvalue weighted by atomic mass is 9.98. The largest absolute Gasteiger partial charge is 0.465 e. The number of hydrogen-bond donors (Lipinski definition) is 1. The van der Waals surface area contributed by atoms with Gasteiger partial charge in [0, 0.05) is 45.2 Å². The third-order valence-corrected chi connectivity index (χ3v) is 5.12. The van der Waals surface area contributed by atoms with Crippen molar-refractivity contribution in [3.05, 3.63) is 15.6 Å². The summed E-state index contributed by atoms with van der Waals surface area (Å²) in [4.78, 5) is 40.3. The highest BCUT2D eigenvalue weighted by atomic mass is 127. The molecule has 1 N–H and O–H groups in total. The van der Waals surface area contributed by atoms with Crippen LogP contribution in [0, 0.1) is 3.70 Å². The van der Waals surface area contributed by atoms with Crippen molar-refractivity contribution in [1.82, 2.24) is 19.9 Å². The fraction of sp³-hybridized carbons (Fsp3) is 0.600. The van der Waals surface area contributed by atoms with E-state index in [4.69, 9.17) is 9.94 Å². The molecule has 9 nitrogen and oxygen atoms in total. The summed E-state index contributed by atoms with van der Waals surface area (Å²) in [5.74, 6) is 0.548. The summed E-state index contributed by atoms with van der Waals surface area (Å²) >= 11 is 2.15. The standard InChI is InChI=1S/C15H22IN5O4/c1-10(8-11(22)19(2)25-3)12-13(16)17-9-18-14(12)20-4-6-21(7-5-20)15(23)24/h9-10H,4-8H2,1-3H3,(H,23,24). The molecule has 0 aromatic carbocycles. The Bertz CT molecular complexity index is 636. The summed E-state index contributed by atoms with van der Waals surface area (Å²) in [5.41, 5.74) is 0.907. The molecule has 10 heteroatoms. The molecule has 25 heavy (non-hydrogen) atoms. The van der Waals surface area contributed by atoms with Crippen molar-refractivity contribution in [2.45, 2.75) is 19.3 Å². The number of nitrogens with zero attached hydrogens (tertiary/aromatic N) is 5. The molecule has 138 valence electrons. The number of hydroxylamine groups is 2. The van der Waals surface area contributed by atoms with Crippen molar-refractivity contribution >= 4 is 40.4 Å². The van der Waals surface area contributed by atoms with Gasteiger partial charge in [-0.3, -0.25) is 9.63 Å². The first-order chi connectivity index (χ1) is 11.8. The van der Waals surface area contributed by atoms with Gasteiger partial charge in [-0.15, -0.1) is 0 Å². The van der Waals surface area contributed by atoms with Gasteiger partial charge < -0.3 is 14.9 Å². The SMILES string of the molecule is CON(C)C(=O)CC(C)c1c(I)ncnc1N1CCN(C(=O)O)CC1. The average Bonchev–Trinajstić information content (AvgIpc) is 2.60. The van der Waals surface area contributed by atoms with Crippen molar-refractivity contribution in [3.63, 3.8) is 0 Å². The van der Waals surface area contributed by atoms with Gasteiger partial charge in [-0.25, -0.2) is 19.8 Å². The van der Waals surface area contributed by atoms with Crippen LogP contribution in [0.25, 0.3) is 0 Å². The van der Waals surface area contributed by atoms with Gasteiger partial charge in [-0.05, 0) is 28.5 Å².